The Hall–Kier alpha value is -3.04. The second-order valence-corrected chi connectivity index (χ2v) is 15.1. The molecule has 0 radical (unpaired) electrons. The van der Waals surface area contributed by atoms with Crippen LogP contribution in [0.15, 0.2) is 53.4 Å². The van der Waals surface area contributed by atoms with Crippen LogP contribution in [0.5, 0.6) is 0 Å². The predicted octanol–water partition coefficient (Wildman–Crippen LogP) is 6.21. The number of carbonyl (C=O) groups is 3. The molecule has 1 heterocycles. The molecule has 0 spiro atoms. The van der Waals surface area contributed by atoms with Crippen molar-refractivity contribution in [2.75, 3.05) is 39.0 Å². The quantitative estimate of drug-likeness (QED) is 0.384. The highest BCUT2D eigenvalue weighted by Crippen LogP contribution is 2.14. The van der Waals surface area contributed by atoms with Gasteiger partial charge in [-0.25, -0.2) is 8.42 Å². The SMILES string of the molecule is CC(=O)C(C)C.CC(C)C(=O)N1CCN(C)CC1.Cc1ccc(C(=O)NC(C)C)cc1.Cc1ccc(S(=O)(=O)CC(C)C)cc1. The normalized spacial score (nSPS) is 13.3. The summed E-state index contributed by atoms with van der Waals surface area (Å²) in [7, 11) is -0.982. The molecule has 3 rings (SSSR count). The van der Waals surface area contributed by atoms with Gasteiger partial charge in [-0.05, 0) is 71.8 Å². The molecule has 8 nitrogen and oxygen atoms in total. The van der Waals surface area contributed by atoms with Crippen molar-refractivity contribution in [3.8, 4) is 0 Å². The standard InChI is InChI=1S/C11H15NO.C11H16O2S.C9H18N2O.C5H10O/c1-8(2)12-11(13)10-6-4-9(3)5-7-10;1-9(2)8-14(12,13)11-6-4-10(3)5-7-11;1-8(2)9(12)11-6-4-10(3)5-7-11;1-4(2)5(3)6/h4-8H,1-3H3,(H,12,13);4-7,9H,8H2,1-3H3;8H,4-7H2,1-3H3;4H,1-3H3. The zero-order valence-corrected chi connectivity index (χ0v) is 30.6. The van der Waals surface area contributed by atoms with Gasteiger partial charge in [0, 0.05) is 49.6 Å². The van der Waals surface area contributed by atoms with Crippen molar-refractivity contribution in [2.24, 2.45) is 17.8 Å². The molecule has 1 saturated heterocycles. The molecule has 0 saturated carbocycles. The van der Waals surface area contributed by atoms with Crippen LogP contribution in [0.25, 0.3) is 0 Å². The maximum atomic E-state index is 11.8. The molecule has 2 aromatic rings. The van der Waals surface area contributed by atoms with Gasteiger partial charge in [0.2, 0.25) is 5.91 Å². The summed E-state index contributed by atoms with van der Waals surface area (Å²) in [6.45, 7) is 24.8. The number of hydrogen-bond donors (Lipinski definition) is 1. The van der Waals surface area contributed by atoms with E-state index in [2.05, 4.69) is 17.3 Å². The third-order valence-electron chi connectivity index (χ3n) is 6.79. The number of amides is 2. The van der Waals surface area contributed by atoms with Crippen molar-refractivity contribution in [3.05, 3.63) is 65.2 Å². The van der Waals surface area contributed by atoms with E-state index in [0.29, 0.717) is 10.8 Å². The molecule has 0 aromatic heterocycles. The van der Waals surface area contributed by atoms with Crippen LogP contribution in [0.1, 0.15) is 83.8 Å². The van der Waals surface area contributed by atoms with Gasteiger partial charge >= 0.3 is 0 Å². The molecule has 1 aliphatic heterocycles. The van der Waals surface area contributed by atoms with Crippen LogP contribution in [0, 0.1) is 31.6 Å². The van der Waals surface area contributed by atoms with Crippen LogP contribution in [0.2, 0.25) is 0 Å². The summed E-state index contributed by atoms with van der Waals surface area (Å²) < 4.78 is 23.5. The number of nitrogens with zero attached hydrogens (tertiary/aromatic N) is 2. The first-order chi connectivity index (χ1) is 20.8. The number of nitrogens with one attached hydrogen (secondary N) is 1. The minimum Gasteiger partial charge on any atom is -0.350 e. The van der Waals surface area contributed by atoms with Crippen LogP contribution in [0.4, 0.5) is 0 Å². The van der Waals surface area contributed by atoms with Gasteiger partial charge in [0.05, 0.1) is 10.6 Å². The molecule has 0 unspecified atom stereocenters. The number of hydrogen-bond acceptors (Lipinski definition) is 6. The summed E-state index contributed by atoms with van der Waals surface area (Å²) >= 11 is 0. The lowest BCUT2D eigenvalue weighted by molar-refractivity contribution is -0.136. The van der Waals surface area contributed by atoms with E-state index in [1.54, 1.807) is 19.1 Å². The van der Waals surface area contributed by atoms with Crippen molar-refractivity contribution >= 4 is 27.4 Å². The van der Waals surface area contributed by atoms with E-state index in [-0.39, 0.29) is 41.2 Å². The summed E-state index contributed by atoms with van der Waals surface area (Å²) in [5.41, 5.74) is 2.97. The monoisotopic (exact) mass is 645 g/mol. The maximum absolute atomic E-state index is 11.8. The molecule has 254 valence electrons. The van der Waals surface area contributed by atoms with Gasteiger partial charge in [0.15, 0.2) is 9.84 Å². The molecule has 45 heavy (non-hydrogen) atoms. The Labute approximate surface area is 273 Å². The van der Waals surface area contributed by atoms with Gasteiger partial charge in [0.25, 0.3) is 5.91 Å². The first kappa shape index (κ1) is 42.0. The van der Waals surface area contributed by atoms with Gasteiger partial charge < -0.3 is 15.1 Å². The van der Waals surface area contributed by atoms with E-state index in [9.17, 15) is 22.8 Å². The summed E-state index contributed by atoms with van der Waals surface area (Å²) in [4.78, 5) is 37.8. The Bertz CT molecular complexity index is 1260. The summed E-state index contributed by atoms with van der Waals surface area (Å²) in [5, 5.41) is 2.84. The molecule has 0 aliphatic carbocycles. The summed E-state index contributed by atoms with van der Waals surface area (Å²) in [5.74, 6) is 1.29. The Morgan fingerprint density at radius 3 is 1.51 bits per heavy atom. The van der Waals surface area contributed by atoms with Crippen LogP contribution in [0.3, 0.4) is 0 Å². The molecule has 0 bridgehead atoms. The highest BCUT2D eigenvalue weighted by Gasteiger charge is 2.20. The topological polar surface area (TPSA) is 104 Å². The van der Waals surface area contributed by atoms with Crippen LogP contribution in [-0.4, -0.2) is 80.8 Å². The minimum absolute atomic E-state index is 0.00463. The third-order valence-corrected chi connectivity index (χ3v) is 8.88. The molecule has 1 aliphatic rings. The lowest BCUT2D eigenvalue weighted by Crippen LogP contribution is -2.48. The zero-order valence-electron chi connectivity index (χ0n) is 29.8. The molecule has 1 N–H and O–H groups in total. The van der Waals surface area contributed by atoms with E-state index >= 15 is 0 Å². The second kappa shape index (κ2) is 20.9. The number of rotatable bonds is 7. The fourth-order valence-corrected chi connectivity index (χ4v) is 5.34. The average molecular weight is 646 g/mol. The number of ketones is 1. The minimum atomic E-state index is -3.08. The van der Waals surface area contributed by atoms with E-state index in [1.807, 2.05) is 111 Å². The first-order valence-corrected chi connectivity index (χ1v) is 17.6. The largest absolute Gasteiger partial charge is 0.350 e. The van der Waals surface area contributed by atoms with Crippen LogP contribution >= 0.6 is 0 Å². The molecule has 2 aromatic carbocycles. The Morgan fingerprint density at radius 2 is 1.16 bits per heavy atom. The van der Waals surface area contributed by atoms with Gasteiger partial charge in [-0.2, -0.15) is 0 Å². The van der Waals surface area contributed by atoms with Gasteiger partial charge in [-0.3, -0.25) is 14.4 Å². The van der Waals surface area contributed by atoms with Gasteiger partial charge in [-0.1, -0.05) is 76.9 Å². The number of aryl methyl sites for hydroxylation is 2. The number of piperazine rings is 1. The first-order valence-electron chi connectivity index (χ1n) is 15.9. The molecule has 0 atom stereocenters. The highest BCUT2D eigenvalue weighted by molar-refractivity contribution is 7.91. The third kappa shape index (κ3) is 18.5. The molecule has 9 heteroatoms. The maximum Gasteiger partial charge on any atom is 0.251 e. The second-order valence-electron chi connectivity index (χ2n) is 13.0. The van der Waals surface area contributed by atoms with Gasteiger partial charge in [-0.15, -0.1) is 0 Å². The lowest BCUT2D eigenvalue weighted by Gasteiger charge is -2.33. The van der Waals surface area contributed by atoms with Crippen molar-refractivity contribution in [1.82, 2.24) is 15.1 Å². The van der Waals surface area contributed by atoms with E-state index in [4.69, 9.17) is 0 Å². The number of sulfone groups is 1. The average Bonchev–Trinajstić information content (AvgIpc) is 2.93. The summed E-state index contributed by atoms with van der Waals surface area (Å²) in [6, 6.07) is 14.7. The Morgan fingerprint density at radius 1 is 0.733 bits per heavy atom. The van der Waals surface area contributed by atoms with Crippen molar-refractivity contribution < 1.29 is 22.8 Å². The van der Waals surface area contributed by atoms with E-state index in [1.165, 1.54) is 5.56 Å². The van der Waals surface area contributed by atoms with Crippen LogP contribution in [-0.2, 0) is 19.4 Å². The van der Waals surface area contributed by atoms with E-state index in [0.717, 1.165) is 37.3 Å². The number of benzene rings is 2. The highest BCUT2D eigenvalue weighted by atomic mass is 32.2. The Kier molecular flexibility index (Phi) is 19.5. The fraction of sp³-hybridized carbons (Fsp3) is 0.583. The van der Waals surface area contributed by atoms with Gasteiger partial charge in [0.1, 0.15) is 5.78 Å². The fourth-order valence-electron chi connectivity index (χ4n) is 3.72. The number of likely N-dealkylation sites (N-methyl/N-ethyl adjacent to an activating group) is 1. The Balaban J connectivity index is 0.000000594. The molecule has 1 fully saturated rings. The molecular formula is C36H59N3O5S. The zero-order chi connectivity index (χ0) is 34.9. The number of Topliss-reactive ketones (excluding diaryl/α,β-unsaturated/α-hetero) is 1. The molecule has 2 amide bonds. The predicted molar refractivity (Wildman–Crippen MR) is 186 cm³/mol. The number of carbonyl (C=O) groups excluding carboxylic acids is 3. The van der Waals surface area contributed by atoms with Crippen molar-refractivity contribution in [1.29, 1.82) is 0 Å². The van der Waals surface area contributed by atoms with Crippen molar-refractivity contribution in [3.63, 3.8) is 0 Å². The smallest absolute Gasteiger partial charge is 0.251 e. The summed E-state index contributed by atoms with van der Waals surface area (Å²) in [6.07, 6.45) is 0. The van der Waals surface area contributed by atoms with Crippen molar-refractivity contribution in [2.45, 2.75) is 87.1 Å². The van der Waals surface area contributed by atoms with Crippen LogP contribution < -0.4 is 5.32 Å². The van der Waals surface area contributed by atoms with E-state index < -0.39 is 9.84 Å². The lowest BCUT2D eigenvalue weighted by atomic mass is 10.1. The molecular weight excluding hydrogens is 586 g/mol.